The monoisotopic (exact) mass is 353 g/mol. The van der Waals surface area contributed by atoms with E-state index in [1.807, 2.05) is 18.2 Å². The van der Waals surface area contributed by atoms with Crippen molar-refractivity contribution in [3.63, 3.8) is 0 Å². The number of hydrogen-bond donors (Lipinski definition) is 0. The summed E-state index contributed by atoms with van der Waals surface area (Å²) < 4.78 is 15.7. The Labute approximate surface area is 148 Å². The van der Waals surface area contributed by atoms with Gasteiger partial charge < -0.3 is 13.9 Å². The Kier molecular flexibility index (Phi) is 4.70. The lowest BCUT2D eigenvalue weighted by Gasteiger charge is -2.08. The second-order valence-electron chi connectivity index (χ2n) is 5.37. The van der Waals surface area contributed by atoms with Crippen LogP contribution in [0.25, 0.3) is 17.0 Å². The quantitative estimate of drug-likeness (QED) is 0.285. The maximum atomic E-state index is 12.3. The van der Waals surface area contributed by atoms with Gasteiger partial charge in [0.2, 0.25) is 5.78 Å². The number of rotatable bonds is 6. The largest absolute Gasteiger partial charge is 0.493 e. The zero-order valence-corrected chi connectivity index (χ0v) is 14.1. The molecule has 0 spiro atoms. The fourth-order valence-corrected chi connectivity index (χ4v) is 2.53. The second-order valence-corrected chi connectivity index (χ2v) is 5.37. The first-order valence-electron chi connectivity index (χ1n) is 7.65. The topological polar surface area (TPSA) is 91.8 Å². The molecule has 0 aliphatic heterocycles. The summed E-state index contributed by atoms with van der Waals surface area (Å²) in [7, 11) is 2.82. The molecule has 0 N–H and O–H groups in total. The molecule has 3 aromatic rings. The third-order valence-electron chi connectivity index (χ3n) is 3.81. The number of methoxy groups -OCH3 is 2. The maximum absolute atomic E-state index is 12.3. The Morgan fingerprint density at radius 1 is 1.12 bits per heavy atom. The summed E-state index contributed by atoms with van der Waals surface area (Å²) >= 11 is 0. The van der Waals surface area contributed by atoms with Crippen molar-refractivity contribution in [2.24, 2.45) is 0 Å². The highest BCUT2D eigenvalue weighted by atomic mass is 16.6. The third-order valence-corrected chi connectivity index (χ3v) is 3.81. The van der Waals surface area contributed by atoms with Crippen molar-refractivity contribution in [1.82, 2.24) is 0 Å². The Hall–Kier alpha value is -3.61. The van der Waals surface area contributed by atoms with Crippen molar-refractivity contribution in [3.05, 3.63) is 70.0 Å². The summed E-state index contributed by atoms with van der Waals surface area (Å²) in [4.78, 5) is 23.1. The van der Waals surface area contributed by atoms with Crippen molar-refractivity contribution in [2.45, 2.75) is 0 Å². The number of carbonyl (C=O) groups is 1. The van der Waals surface area contributed by atoms with Crippen LogP contribution in [0.1, 0.15) is 16.1 Å². The lowest BCUT2D eigenvalue weighted by atomic mass is 10.1. The van der Waals surface area contributed by atoms with E-state index in [-0.39, 0.29) is 22.8 Å². The summed E-state index contributed by atoms with van der Waals surface area (Å²) in [5.41, 5.74) is 0.620. The minimum absolute atomic E-state index is 0.158. The van der Waals surface area contributed by atoms with Crippen LogP contribution in [-0.2, 0) is 0 Å². The molecule has 132 valence electrons. The molecule has 0 fully saturated rings. The van der Waals surface area contributed by atoms with Gasteiger partial charge in [-0.3, -0.25) is 14.9 Å². The molecule has 0 bridgehead atoms. The molecule has 0 unspecified atom stereocenters. The molecule has 0 saturated carbocycles. The van der Waals surface area contributed by atoms with Crippen LogP contribution in [0.4, 0.5) is 5.69 Å². The minimum atomic E-state index is -0.548. The number of ketones is 1. The van der Waals surface area contributed by atoms with Crippen LogP contribution in [0, 0.1) is 10.1 Å². The Morgan fingerprint density at radius 2 is 1.81 bits per heavy atom. The summed E-state index contributed by atoms with van der Waals surface area (Å²) in [6.45, 7) is 0. The summed E-state index contributed by atoms with van der Waals surface area (Å²) in [6, 6.07) is 11.6. The summed E-state index contributed by atoms with van der Waals surface area (Å²) in [5.74, 6) is 0.324. The van der Waals surface area contributed by atoms with Crippen LogP contribution < -0.4 is 9.47 Å². The minimum Gasteiger partial charge on any atom is -0.493 e. The second kappa shape index (κ2) is 7.10. The number of hydrogen-bond acceptors (Lipinski definition) is 6. The summed E-state index contributed by atoms with van der Waals surface area (Å²) in [5, 5.41) is 12.1. The van der Waals surface area contributed by atoms with Crippen LogP contribution in [0.15, 0.2) is 53.0 Å². The molecule has 7 heteroatoms. The van der Waals surface area contributed by atoms with Gasteiger partial charge in [-0.2, -0.15) is 0 Å². The predicted molar refractivity (Wildman–Crippen MR) is 95.8 cm³/mol. The number of furan rings is 1. The predicted octanol–water partition coefficient (Wildman–Crippen LogP) is 4.25. The van der Waals surface area contributed by atoms with Crippen molar-refractivity contribution in [1.29, 1.82) is 0 Å². The lowest BCUT2D eigenvalue weighted by Crippen LogP contribution is -1.97. The number of fused-ring (bicyclic) bond motifs is 1. The highest BCUT2D eigenvalue weighted by Gasteiger charge is 2.18. The Balaban J connectivity index is 1.96. The Morgan fingerprint density at radius 3 is 2.46 bits per heavy atom. The number of nitrogens with zero attached hydrogens (tertiary/aromatic N) is 1. The highest BCUT2D eigenvalue weighted by molar-refractivity contribution is 6.07. The zero-order valence-electron chi connectivity index (χ0n) is 14.1. The number of carbonyl (C=O) groups excluding carboxylic acids is 1. The highest BCUT2D eigenvalue weighted by Crippen LogP contribution is 2.35. The van der Waals surface area contributed by atoms with Gasteiger partial charge in [-0.05, 0) is 30.4 Å². The number of ether oxygens (including phenoxy) is 2. The SMILES string of the molecule is COc1cc(/C=C/C(=O)c2cc3ccccc3o2)c([N+](=O)[O-])cc1OC. The van der Waals surface area contributed by atoms with Crippen molar-refractivity contribution < 1.29 is 23.6 Å². The van der Waals surface area contributed by atoms with Crippen molar-refractivity contribution in [2.75, 3.05) is 14.2 Å². The third kappa shape index (κ3) is 3.27. The smallest absolute Gasteiger partial charge is 0.280 e. The molecule has 1 aromatic heterocycles. The van der Waals surface area contributed by atoms with E-state index in [2.05, 4.69) is 0 Å². The van der Waals surface area contributed by atoms with Gasteiger partial charge in [-0.15, -0.1) is 0 Å². The molecule has 1 heterocycles. The molecule has 0 radical (unpaired) electrons. The molecule has 0 saturated heterocycles. The van der Waals surface area contributed by atoms with Crippen LogP contribution in [0.2, 0.25) is 0 Å². The lowest BCUT2D eigenvalue weighted by molar-refractivity contribution is -0.385. The number of nitro groups is 1. The molecule has 0 aliphatic rings. The first kappa shape index (κ1) is 17.2. The van der Waals surface area contributed by atoms with Gasteiger partial charge in [0.1, 0.15) is 5.58 Å². The van der Waals surface area contributed by atoms with Crippen LogP contribution in [-0.4, -0.2) is 24.9 Å². The standard InChI is InChI=1S/C19H15NO6/c1-24-18-9-12(14(20(22)23)11-19(18)25-2)7-8-15(21)17-10-13-5-3-4-6-16(13)26-17/h3-11H,1-2H3/b8-7+. The maximum Gasteiger partial charge on any atom is 0.280 e. The van der Waals surface area contributed by atoms with E-state index in [0.29, 0.717) is 11.3 Å². The zero-order chi connectivity index (χ0) is 18.7. The molecule has 0 atom stereocenters. The number of benzene rings is 2. The van der Waals surface area contributed by atoms with Gasteiger partial charge in [0, 0.05) is 5.39 Å². The van der Waals surface area contributed by atoms with E-state index in [9.17, 15) is 14.9 Å². The fourth-order valence-electron chi connectivity index (χ4n) is 2.53. The van der Waals surface area contributed by atoms with E-state index in [1.54, 1.807) is 12.1 Å². The van der Waals surface area contributed by atoms with E-state index in [0.717, 1.165) is 5.39 Å². The van der Waals surface area contributed by atoms with Gasteiger partial charge in [-0.25, -0.2) is 0 Å². The van der Waals surface area contributed by atoms with E-state index in [1.165, 1.54) is 38.5 Å². The Bertz CT molecular complexity index is 985. The number of para-hydroxylation sites is 1. The average molecular weight is 353 g/mol. The molecule has 7 nitrogen and oxygen atoms in total. The first-order valence-corrected chi connectivity index (χ1v) is 7.65. The molecular formula is C19H15NO6. The normalized spacial score (nSPS) is 11.0. The van der Waals surface area contributed by atoms with Crippen LogP contribution in [0.5, 0.6) is 11.5 Å². The molecule has 26 heavy (non-hydrogen) atoms. The van der Waals surface area contributed by atoms with Gasteiger partial charge >= 0.3 is 0 Å². The van der Waals surface area contributed by atoms with Crippen molar-refractivity contribution in [3.8, 4) is 11.5 Å². The van der Waals surface area contributed by atoms with E-state index < -0.39 is 10.7 Å². The van der Waals surface area contributed by atoms with Gasteiger partial charge in [0.25, 0.3) is 5.69 Å². The average Bonchev–Trinajstić information content (AvgIpc) is 3.09. The molecule has 0 aliphatic carbocycles. The fraction of sp³-hybridized carbons (Fsp3) is 0.105. The molecular weight excluding hydrogens is 338 g/mol. The van der Waals surface area contributed by atoms with Gasteiger partial charge in [0.05, 0.1) is 30.8 Å². The molecule has 0 amide bonds. The van der Waals surface area contributed by atoms with E-state index >= 15 is 0 Å². The van der Waals surface area contributed by atoms with Gasteiger partial charge in [-0.1, -0.05) is 18.2 Å². The first-order chi connectivity index (χ1) is 12.5. The van der Waals surface area contributed by atoms with E-state index in [4.69, 9.17) is 13.9 Å². The molecule has 2 aromatic carbocycles. The number of allylic oxidation sites excluding steroid dienone is 1. The molecule has 3 rings (SSSR count). The van der Waals surface area contributed by atoms with Crippen LogP contribution >= 0.6 is 0 Å². The summed E-state index contributed by atoms with van der Waals surface area (Å²) in [6.07, 6.45) is 2.58. The van der Waals surface area contributed by atoms with Gasteiger partial charge in [0.15, 0.2) is 17.3 Å². The number of nitro benzene ring substituents is 1. The van der Waals surface area contributed by atoms with Crippen molar-refractivity contribution >= 4 is 28.5 Å². The van der Waals surface area contributed by atoms with Crippen LogP contribution in [0.3, 0.4) is 0 Å².